The molecule has 0 saturated carbocycles. The van der Waals surface area contributed by atoms with Gasteiger partial charge in [0.05, 0.1) is 27.8 Å². The van der Waals surface area contributed by atoms with E-state index in [1.807, 2.05) is 91.0 Å². The zero-order chi connectivity index (χ0) is 45.7. The summed E-state index contributed by atoms with van der Waals surface area (Å²) in [5, 5.41) is 111. The summed E-state index contributed by atoms with van der Waals surface area (Å²) in [5.41, 5.74) is 2.85. The summed E-state index contributed by atoms with van der Waals surface area (Å²) < 4.78 is 8.53. The fourth-order valence-electron chi connectivity index (χ4n) is 8.72. The van der Waals surface area contributed by atoms with Crippen molar-refractivity contribution in [2.45, 2.75) is 0 Å². The van der Waals surface area contributed by atoms with E-state index in [1.54, 1.807) is 34.9 Å². The zero-order valence-electron chi connectivity index (χ0n) is 33.9. The summed E-state index contributed by atoms with van der Waals surface area (Å²) in [7, 11) is 0. The molecule has 322 valence electrons. The maximum absolute atomic E-state index is 11.4. The molecule has 0 atom stereocenters. The van der Waals surface area contributed by atoms with Crippen LogP contribution in [0.3, 0.4) is 0 Å². The third kappa shape index (κ3) is 5.66. The normalized spacial score (nSPS) is 11.6. The highest BCUT2D eigenvalue weighted by Gasteiger charge is 2.31. The molecule has 3 aromatic heterocycles. The molecule has 0 aliphatic heterocycles. The zero-order valence-corrected chi connectivity index (χ0v) is 33.9. The van der Waals surface area contributed by atoms with Gasteiger partial charge in [0.25, 0.3) is 0 Å². The van der Waals surface area contributed by atoms with Gasteiger partial charge in [-0.05, 0) is 35.9 Å². The molecule has 0 unspecified atom stereocenters. The molecule has 10 N–H and O–H groups in total. The van der Waals surface area contributed by atoms with Crippen LogP contribution in [0.25, 0.3) is 106 Å². The van der Waals surface area contributed by atoms with Gasteiger partial charge < -0.3 is 60.0 Å². The van der Waals surface area contributed by atoms with Gasteiger partial charge in [-0.1, -0.05) is 103 Å². The highest BCUT2D eigenvalue weighted by Crippen LogP contribution is 2.59. The van der Waals surface area contributed by atoms with Gasteiger partial charge in [0.2, 0.25) is 34.5 Å². The van der Waals surface area contributed by atoms with Gasteiger partial charge >= 0.3 is 0 Å². The van der Waals surface area contributed by atoms with Gasteiger partial charge in [0.15, 0.2) is 46.1 Å². The number of aromatic nitrogens is 4. The van der Waals surface area contributed by atoms with Crippen LogP contribution >= 0.6 is 0 Å². The van der Waals surface area contributed by atoms with Crippen molar-refractivity contribution in [1.29, 1.82) is 0 Å². The maximum atomic E-state index is 11.4. The largest absolute Gasteiger partial charge is 0.504 e. The molecule has 11 rings (SSSR count). The number of nitrogens with zero attached hydrogens (tertiary/aromatic N) is 4. The third-order valence-electron chi connectivity index (χ3n) is 11.8. The highest BCUT2D eigenvalue weighted by atomic mass is 16.4. The molecule has 11 aromatic rings. The topological polar surface area (TPSA) is 259 Å². The average molecular weight is 877 g/mol. The predicted octanol–water partition coefficient (Wildman–Crippen LogP) is 10.3. The number of hydrogen-bond donors (Lipinski definition) is 10. The van der Waals surface area contributed by atoms with Gasteiger partial charge in [-0.2, -0.15) is 0 Å². The van der Waals surface area contributed by atoms with Crippen molar-refractivity contribution in [1.82, 2.24) is 19.5 Å². The minimum absolute atomic E-state index is 0.124. The lowest BCUT2D eigenvalue weighted by Gasteiger charge is -2.17. The molecule has 0 aliphatic carbocycles. The van der Waals surface area contributed by atoms with Crippen molar-refractivity contribution < 1.29 is 55.5 Å². The first-order valence-electron chi connectivity index (χ1n) is 20.2. The van der Waals surface area contributed by atoms with Crippen LogP contribution < -0.4 is 0 Å². The van der Waals surface area contributed by atoms with E-state index in [4.69, 9.17) is 19.4 Å². The summed E-state index contributed by atoms with van der Waals surface area (Å²) in [6.07, 6.45) is 0. The second-order valence-corrected chi connectivity index (χ2v) is 15.5. The van der Waals surface area contributed by atoms with Gasteiger partial charge in [0, 0.05) is 43.8 Å². The molecule has 0 amide bonds. The number of furan rings is 1. The molecule has 15 heteroatoms. The van der Waals surface area contributed by atoms with Crippen LogP contribution in [0.2, 0.25) is 0 Å². The number of fused-ring (bicyclic) bond motifs is 6. The Kier molecular flexibility index (Phi) is 8.60. The lowest BCUT2D eigenvalue weighted by molar-refractivity contribution is 0.330. The standard InChI is InChI=1S/C51H32N4O11/c56-38-34(39(57)43(61)46(64)42(38)60)25-21-29(37-40(58)44(62)47(65)45(63)41(37)59)35-26-15-7-8-18-30(26)55(32(35)22-25)31-19-9-16-27-36-28(17-10-20-33(36)66-48(27)31)51-53-49(23-11-3-1-4-12-23)52-50(54-51)24-13-5-2-6-14-24/h1-22,56-65H. The molecule has 0 saturated heterocycles. The molecule has 0 fully saturated rings. The van der Waals surface area contributed by atoms with Crippen LogP contribution in [-0.4, -0.2) is 70.6 Å². The molecular weight excluding hydrogens is 845 g/mol. The second kappa shape index (κ2) is 14.5. The van der Waals surface area contributed by atoms with E-state index in [2.05, 4.69) is 0 Å². The Bertz CT molecular complexity index is 3710. The number of hydrogen-bond acceptors (Lipinski definition) is 14. The van der Waals surface area contributed by atoms with E-state index in [-0.39, 0.29) is 22.0 Å². The minimum atomic E-state index is -1.20. The molecule has 0 spiro atoms. The number of rotatable bonds is 6. The van der Waals surface area contributed by atoms with E-state index in [1.165, 1.54) is 12.1 Å². The van der Waals surface area contributed by atoms with E-state index < -0.39 is 68.6 Å². The van der Waals surface area contributed by atoms with Gasteiger partial charge in [-0.25, -0.2) is 15.0 Å². The smallest absolute Gasteiger partial charge is 0.208 e. The van der Waals surface area contributed by atoms with Crippen molar-refractivity contribution in [3.63, 3.8) is 0 Å². The summed E-state index contributed by atoms with van der Waals surface area (Å²) in [5.74, 6) is -9.94. The Hall–Kier alpha value is -9.63. The van der Waals surface area contributed by atoms with Crippen LogP contribution in [0.4, 0.5) is 0 Å². The van der Waals surface area contributed by atoms with Crippen LogP contribution in [0, 0.1) is 0 Å². The first kappa shape index (κ1) is 39.2. The summed E-state index contributed by atoms with van der Waals surface area (Å²) in [6.45, 7) is 0. The van der Waals surface area contributed by atoms with E-state index in [0.29, 0.717) is 61.6 Å². The lowest BCUT2D eigenvalue weighted by atomic mass is 9.91. The van der Waals surface area contributed by atoms with Crippen LogP contribution in [0.5, 0.6) is 57.5 Å². The van der Waals surface area contributed by atoms with Crippen LogP contribution in [-0.2, 0) is 0 Å². The van der Waals surface area contributed by atoms with Crippen LogP contribution in [0.15, 0.2) is 138 Å². The summed E-state index contributed by atoms with van der Waals surface area (Å²) >= 11 is 0. The van der Waals surface area contributed by atoms with E-state index in [0.717, 1.165) is 11.1 Å². The molecule has 0 radical (unpaired) electrons. The van der Waals surface area contributed by atoms with E-state index >= 15 is 0 Å². The Labute approximate surface area is 370 Å². The van der Waals surface area contributed by atoms with Crippen molar-refractivity contribution >= 4 is 43.7 Å². The molecule has 8 aromatic carbocycles. The van der Waals surface area contributed by atoms with Crippen LogP contribution in [0.1, 0.15) is 0 Å². The Morgan fingerprint density at radius 3 is 1.47 bits per heavy atom. The molecule has 0 bridgehead atoms. The lowest BCUT2D eigenvalue weighted by Crippen LogP contribution is -2.00. The number of benzene rings is 8. The Morgan fingerprint density at radius 2 is 0.864 bits per heavy atom. The fraction of sp³-hybridized carbons (Fsp3) is 0. The summed E-state index contributed by atoms with van der Waals surface area (Å²) in [6, 6.07) is 39.9. The molecule has 66 heavy (non-hydrogen) atoms. The van der Waals surface area contributed by atoms with Gasteiger partial charge in [0.1, 0.15) is 5.58 Å². The van der Waals surface area contributed by atoms with E-state index in [9.17, 15) is 51.1 Å². The number of phenols is 10. The van der Waals surface area contributed by atoms with Gasteiger partial charge in [-0.15, -0.1) is 0 Å². The molecule has 0 aliphatic rings. The third-order valence-corrected chi connectivity index (χ3v) is 11.8. The fourth-order valence-corrected chi connectivity index (χ4v) is 8.72. The minimum Gasteiger partial charge on any atom is -0.504 e. The Morgan fingerprint density at radius 1 is 0.364 bits per heavy atom. The Balaban J connectivity index is 1.24. The molecule has 3 heterocycles. The predicted molar refractivity (Wildman–Crippen MR) is 245 cm³/mol. The molecular formula is C51H32N4O11. The quantitative estimate of drug-likeness (QED) is 0.0551. The number of para-hydroxylation sites is 2. The second-order valence-electron chi connectivity index (χ2n) is 15.5. The van der Waals surface area contributed by atoms with Gasteiger partial charge in [-0.3, -0.25) is 0 Å². The molecule has 15 nitrogen and oxygen atoms in total. The van der Waals surface area contributed by atoms with Crippen molar-refractivity contribution in [3.05, 3.63) is 133 Å². The van der Waals surface area contributed by atoms with Crippen molar-refractivity contribution in [2.75, 3.05) is 0 Å². The first-order valence-corrected chi connectivity index (χ1v) is 20.2. The highest BCUT2D eigenvalue weighted by molar-refractivity contribution is 6.20. The number of phenolic OH excluding ortho intramolecular Hbond substituents is 10. The SMILES string of the molecule is Oc1c(O)c(O)c(-c2cc(-c3c(O)c(O)c(O)c(O)c3O)c3c4ccccc4n(-c4cccc5c4oc4cccc(-c6nc(-c7ccccc7)nc(-c7ccccc7)n6)c45)c3c2)c(O)c1O. The van der Waals surface area contributed by atoms with Crippen molar-refractivity contribution in [3.8, 4) is 120 Å². The summed E-state index contributed by atoms with van der Waals surface area (Å²) in [4.78, 5) is 14.8. The maximum Gasteiger partial charge on any atom is 0.208 e. The van der Waals surface area contributed by atoms with Crippen molar-refractivity contribution in [2.24, 2.45) is 0 Å². The first-order chi connectivity index (χ1) is 31.9. The monoisotopic (exact) mass is 876 g/mol. The average Bonchev–Trinajstić information content (AvgIpc) is 3.90. The number of aromatic hydroxyl groups is 10.